The van der Waals surface area contributed by atoms with Crippen LogP contribution >= 0.6 is 23.1 Å². The maximum Gasteiger partial charge on any atom is 0.341 e. The molecule has 0 saturated carbocycles. The van der Waals surface area contributed by atoms with E-state index in [1.807, 2.05) is 36.4 Å². The molecule has 9 nitrogen and oxygen atoms in total. The Kier molecular flexibility index (Phi) is 7.48. The Morgan fingerprint density at radius 1 is 1.15 bits per heavy atom. The number of carbonyl (C=O) groups excluding carboxylic acids is 2. The van der Waals surface area contributed by atoms with Crippen LogP contribution in [0.25, 0.3) is 11.5 Å². The van der Waals surface area contributed by atoms with E-state index < -0.39 is 11.2 Å². The normalized spacial score (nSPS) is 16.3. The van der Waals surface area contributed by atoms with E-state index in [9.17, 15) is 9.59 Å². The van der Waals surface area contributed by atoms with Crippen molar-refractivity contribution in [2.24, 2.45) is 5.92 Å². The number of ether oxygens (including phenoxy) is 3. The van der Waals surface area contributed by atoms with Crippen LogP contribution in [0.1, 0.15) is 51.9 Å². The molecule has 1 N–H and O–H groups in total. The van der Waals surface area contributed by atoms with Gasteiger partial charge in [0.15, 0.2) is 11.5 Å². The van der Waals surface area contributed by atoms with Crippen LogP contribution in [0.5, 0.6) is 11.5 Å². The third-order valence-electron chi connectivity index (χ3n) is 6.81. The van der Waals surface area contributed by atoms with Crippen molar-refractivity contribution in [3.63, 3.8) is 0 Å². The van der Waals surface area contributed by atoms with Crippen LogP contribution in [0, 0.1) is 5.92 Å². The molecule has 11 heteroatoms. The lowest BCUT2D eigenvalue weighted by molar-refractivity contribution is -0.115. The predicted octanol–water partition coefficient (Wildman–Crippen LogP) is 6.30. The van der Waals surface area contributed by atoms with E-state index >= 15 is 0 Å². The van der Waals surface area contributed by atoms with Gasteiger partial charge in [-0.2, -0.15) is 0 Å². The monoisotopic (exact) mass is 577 g/mol. The molecule has 40 heavy (non-hydrogen) atoms. The van der Waals surface area contributed by atoms with Crippen molar-refractivity contribution in [1.29, 1.82) is 0 Å². The highest BCUT2D eigenvalue weighted by atomic mass is 32.2. The number of hydrogen-bond donors (Lipinski definition) is 1. The Morgan fingerprint density at radius 3 is 2.80 bits per heavy atom. The van der Waals surface area contributed by atoms with E-state index in [1.165, 1.54) is 11.3 Å². The summed E-state index contributed by atoms with van der Waals surface area (Å²) in [6.45, 7) is 4.41. The first kappa shape index (κ1) is 26.4. The number of nitrogens with one attached hydrogen (secondary N) is 1. The summed E-state index contributed by atoms with van der Waals surface area (Å²) in [6.07, 6.45) is 2.66. The molecule has 3 heterocycles. The summed E-state index contributed by atoms with van der Waals surface area (Å²) in [5.41, 5.74) is 2.91. The number of thioether (sulfide) groups is 1. The van der Waals surface area contributed by atoms with Crippen LogP contribution in [0.4, 0.5) is 5.00 Å². The van der Waals surface area contributed by atoms with Crippen molar-refractivity contribution >= 4 is 40.0 Å². The van der Waals surface area contributed by atoms with Gasteiger partial charge >= 0.3 is 5.97 Å². The first-order valence-corrected chi connectivity index (χ1v) is 14.8. The van der Waals surface area contributed by atoms with E-state index in [4.69, 9.17) is 18.6 Å². The van der Waals surface area contributed by atoms with Crippen LogP contribution in [0.15, 0.2) is 58.2 Å². The first-order valence-electron chi connectivity index (χ1n) is 13.1. The molecule has 6 rings (SSSR count). The SMILES string of the molecule is CCOC(=O)c1c(NC(=O)C(Sc2nnc(-c3ccc4c(c3)OCO4)o2)c2ccccc2)sc2c1CCC(C)C2. The van der Waals surface area contributed by atoms with Gasteiger partial charge in [-0.25, -0.2) is 4.79 Å². The van der Waals surface area contributed by atoms with Gasteiger partial charge in [0.2, 0.25) is 18.6 Å². The minimum absolute atomic E-state index is 0.168. The summed E-state index contributed by atoms with van der Waals surface area (Å²) in [4.78, 5) is 27.9. The Labute approximate surface area is 239 Å². The quantitative estimate of drug-likeness (QED) is 0.190. The van der Waals surface area contributed by atoms with Crippen molar-refractivity contribution in [3.05, 3.63) is 70.1 Å². The van der Waals surface area contributed by atoms with Crippen molar-refractivity contribution < 1.29 is 28.2 Å². The van der Waals surface area contributed by atoms with E-state index in [0.29, 0.717) is 39.4 Å². The molecule has 0 spiro atoms. The fourth-order valence-corrected chi connectivity index (χ4v) is 7.12. The number of anilines is 1. The minimum Gasteiger partial charge on any atom is -0.462 e. The van der Waals surface area contributed by atoms with E-state index in [-0.39, 0.29) is 24.5 Å². The van der Waals surface area contributed by atoms with Gasteiger partial charge in [0.1, 0.15) is 10.3 Å². The Hall–Kier alpha value is -3.83. The summed E-state index contributed by atoms with van der Waals surface area (Å²) in [6, 6.07) is 14.8. The third-order valence-corrected chi connectivity index (χ3v) is 9.07. The van der Waals surface area contributed by atoms with Crippen LogP contribution in [0.3, 0.4) is 0 Å². The number of hydrogen-bond acceptors (Lipinski definition) is 10. The molecular formula is C29H27N3O6S2. The molecule has 2 unspecified atom stereocenters. The maximum absolute atomic E-state index is 13.8. The smallest absolute Gasteiger partial charge is 0.341 e. The number of amides is 1. The topological polar surface area (TPSA) is 113 Å². The van der Waals surface area contributed by atoms with E-state index in [2.05, 4.69) is 22.4 Å². The second-order valence-electron chi connectivity index (χ2n) is 9.62. The molecule has 1 aliphatic carbocycles. The van der Waals surface area contributed by atoms with Gasteiger partial charge in [-0.15, -0.1) is 21.5 Å². The standard InChI is InChI=1S/C29H27N3O6S2/c1-3-35-28(34)23-19-11-9-16(2)13-22(19)39-27(23)30-25(33)24(17-7-5-4-6-8-17)40-29-32-31-26(38-29)18-10-12-20-21(14-18)37-15-36-20/h4-8,10,12,14,16,24H,3,9,11,13,15H2,1-2H3,(H,30,33). The molecule has 2 aromatic carbocycles. The second kappa shape index (κ2) is 11.3. The zero-order valence-corrected chi connectivity index (χ0v) is 23.6. The molecule has 2 aliphatic rings. The molecule has 4 aromatic rings. The number of rotatable bonds is 8. The van der Waals surface area contributed by atoms with Crippen LogP contribution in [-0.4, -0.2) is 35.5 Å². The Morgan fingerprint density at radius 2 is 1.98 bits per heavy atom. The van der Waals surface area contributed by atoms with Gasteiger partial charge in [-0.1, -0.05) is 37.3 Å². The zero-order chi connectivity index (χ0) is 27.6. The van der Waals surface area contributed by atoms with Crippen molar-refractivity contribution in [1.82, 2.24) is 10.2 Å². The highest BCUT2D eigenvalue weighted by Gasteiger charge is 2.32. The van der Waals surface area contributed by atoms with Crippen LogP contribution < -0.4 is 14.8 Å². The fraction of sp³-hybridized carbons (Fsp3) is 0.310. The number of carbonyl (C=O) groups is 2. The molecular weight excluding hydrogens is 550 g/mol. The average molecular weight is 578 g/mol. The molecule has 0 bridgehead atoms. The lowest BCUT2D eigenvalue weighted by Gasteiger charge is -2.18. The van der Waals surface area contributed by atoms with E-state index in [1.54, 1.807) is 19.1 Å². The van der Waals surface area contributed by atoms with E-state index in [0.717, 1.165) is 47.0 Å². The Balaban J connectivity index is 1.28. The summed E-state index contributed by atoms with van der Waals surface area (Å²) in [5.74, 6) is 1.39. The van der Waals surface area contributed by atoms with Crippen LogP contribution in [0.2, 0.25) is 0 Å². The first-order chi connectivity index (χ1) is 19.5. The van der Waals surface area contributed by atoms with Gasteiger partial charge in [0.25, 0.3) is 5.22 Å². The second-order valence-corrected chi connectivity index (χ2v) is 11.8. The van der Waals surface area contributed by atoms with Gasteiger partial charge < -0.3 is 23.9 Å². The highest BCUT2D eigenvalue weighted by Crippen LogP contribution is 2.43. The molecule has 206 valence electrons. The van der Waals surface area contributed by atoms with Crippen LogP contribution in [-0.2, 0) is 22.4 Å². The maximum atomic E-state index is 13.8. The highest BCUT2D eigenvalue weighted by molar-refractivity contribution is 8.00. The van der Waals surface area contributed by atoms with Crippen molar-refractivity contribution in [3.8, 4) is 23.0 Å². The molecule has 1 aliphatic heterocycles. The number of benzene rings is 2. The fourth-order valence-electron chi connectivity index (χ4n) is 4.84. The summed E-state index contributed by atoms with van der Waals surface area (Å²) < 4.78 is 22.2. The molecule has 0 radical (unpaired) electrons. The number of thiophene rings is 1. The van der Waals surface area contributed by atoms with Gasteiger partial charge in [-0.05, 0) is 73.2 Å². The summed E-state index contributed by atoms with van der Waals surface area (Å²) in [7, 11) is 0. The van der Waals surface area contributed by atoms with Crippen molar-refractivity contribution in [2.45, 2.75) is 43.6 Å². The lowest BCUT2D eigenvalue weighted by atomic mass is 9.88. The van der Waals surface area contributed by atoms with Crippen molar-refractivity contribution in [2.75, 3.05) is 18.7 Å². The number of aromatic nitrogens is 2. The number of nitrogens with zero attached hydrogens (tertiary/aromatic N) is 2. The van der Waals surface area contributed by atoms with Gasteiger partial charge in [0, 0.05) is 10.4 Å². The largest absolute Gasteiger partial charge is 0.462 e. The average Bonchev–Trinajstić information content (AvgIpc) is 3.70. The third kappa shape index (κ3) is 5.31. The number of fused-ring (bicyclic) bond motifs is 2. The number of esters is 1. The summed E-state index contributed by atoms with van der Waals surface area (Å²) >= 11 is 2.61. The zero-order valence-electron chi connectivity index (χ0n) is 22.0. The van der Waals surface area contributed by atoms with Gasteiger partial charge in [-0.3, -0.25) is 4.79 Å². The molecule has 2 aromatic heterocycles. The molecule has 0 fully saturated rings. The molecule has 0 saturated heterocycles. The Bertz CT molecular complexity index is 1550. The van der Waals surface area contributed by atoms with Gasteiger partial charge in [0.05, 0.1) is 12.2 Å². The molecule has 1 amide bonds. The lowest BCUT2D eigenvalue weighted by Crippen LogP contribution is -2.20. The summed E-state index contributed by atoms with van der Waals surface area (Å²) in [5, 5.41) is 11.5. The minimum atomic E-state index is -0.709. The molecule has 2 atom stereocenters. The predicted molar refractivity (Wildman–Crippen MR) is 151 cm³/mol.